The largest absolute Gasteiger partial charge is 0.490 e. The van der Waals surface area contributed by atoms with E-state index in [0.29, 0.717) is 11.7 Å². The monoisotopic (exact) mass is 238 g/mol. The van der Waals surface area contributed by atoms with E-state index in [1.165, 1.54) is 6.07 Å². The lowest BCUT2D eigenvalue weighted by Gasteiger charge is -2.18. The SMILES string of the molecule is CC(C)CC(C)Oc1cccc(F)c1C(=N)N. The summed E-state index contributed by atoms with van der Waals surface area (Å²) in [6.07, 6.45) is 0.836. The molecule has 0 aliphatic carbocycles. The number of ether oxygens (including phenoxy) is 1. The number of rotatable bonds is 5. The first-order valence-electron chi connectivity index (χ1n) is 5.71. The molecular weight excluding hydrogens is 219 g/mol. The van der Waals surface area contributed by atoms with Crippen molar-refractivity contribution in [1.29, 1.82) is 5.41 Å². The van der Waals surface area contributed by atoms with E-state index in [0.717, 1.165) is 6.42 Å². The minimum absolute atomic E-state index is 0.0325. The Morgan fingerprint density at radius 3 is 2.59 bits per heavy atom. The Bertz CT molecular complexity index is 404. The molecule has 0 heterocycles. The highest BCUT2D eigenvalue weighted by atomic mass is 19.1. The standard InChI is InChI=1S/C13H19FN2O/c1-8(2)7-9(3)17-11-6-4-5-10(14)12(11)13(15)16/h4-6,8-9H,7H2,1-3H3,(H3,15,16). The molecule has 3 N–H and O–H groups in total. The fourth-order valence-electron chi connectivity index (χ4n) is 1.79. The minimum atomic E-state index is -0.522. The van der Waals surface area contributed by atoms with Crippen LogP contribution < -0.4 is 10.5 Å². The summed E-state index contributed by atoms with van der Waals surface area (Å²) < 4.78 is 19.2. The lowest BCUT2D eigenvalue weighted by molar-refractivity contribution is 0.192. The number of nitrogen functional groups attached to an aromatic ring is 1. The molecule has 0 amide bonds. The van der Waals surface area contributed by atoms with E-state index >= 15 is 0 Å². The maximum absolute atomic E-state index is 13.5. The van der Waals surface area contributed by atoms with Gasteiger partial charge in [-0.05, 0) is 31.4 Å². The Hall–Kier alpha value is -1.58. The van der Waals surface area contributed by atoms with E-state index in [4.69, 9.17) is 15.9 Å². The van der Waals surface area contributed by atoms with Crippen LogP contribution in [0.5, 0.6) is 5.75 Å². The van der Waals surface area contributed by atoms with Crippen molar-refractivity contribution in [1.82, 2.24) is 0 Å². The first-order chi connectivity index (χ1) is 7.91. The molecule has 1 aromatic carbocycles. The van der Waals surface area contributed by atoms with Gasteiger partial charge in [0, 0.05) is 0 Å². The van der Waals surface area contributed by atoms with Crippen molar-refractivity contribution >= 4 is 5.84 Å². The Kier molecular flexibility index (Phi) is 4.49. The van der Waals surface area contributed by atoms with Crippen LogP contribution in [0.15, 0.2) is 18.2 Å². The Morgan fingerprint density at radius 2 is 2.06 bits per heavy atom. The van der Waals surface area contributed by atoms with E-state index in [-0.39, 0.29) is 17.5 Å². The van der Waals surface area contributed by atoms with Crippen molar-refractivity contribution in [3.8, 4) is 5.75 Å². The van der Waals surface area contributed by atoms with Crippen molar-refractivity contribution < 1.29 is 9.13 Å². The fourth-order valence-corrected chi connectivity index (χ4v) is 1.79. The summed E-state index contributed by atoms with van der Waals surface area (Å²) in [5, 5.41) is 7.36. The molecule has 94 valence electrons. The molecule has 1 rings (SSSR count). The summed E-state index contributed by atoms with van der Waals surface area (Å²) in [4.78, 5) is 0. The van der Waals surface area contributed by atoms with Crippen molar-refractivity contribution in [3.05, 3.63) is 29.6 Å². The highest BCUT2D eigenvalue weighted by molar-refractivity contribution is 5.97. The lowest BCUT2D eigenvalue weighted by Crippen LogP contribution is -2.19. The second-order valence-electron chi connectivity index (χ2n) is 4.58. The van der Waals surface area contributed by atoms with Crippen molar-refractivity contribution in [2.45, 2.75) is 33.3 Å². The van der Waals surface area contributed by atoms with Crippen LogP contribution in [0, 0.1) is 17.1 Å². The van der Waals surface area contributed by atoms with E-state index in [2.05, 4.69) is 13.8 Å². The van der Waals surface area contributed by atoms with E-state index < -0.39 is 5.82 Å². The van der Waals surface area contributed by atoms with Gasteiger partial charge in [0.1, 0.15) is 17.4 Å². The van der Waals surface area contributed by atoms with Gasteiger partial charge in [0.25, 0.3) is 0 Å². The van der Waals surface area contributed by atoms with Crippen LogP contribution in [-0.2, 0) is 0 Å². The summed E-state index contributed by atoms with van der Waals surface area (Å²) in [7, 11) is 0. The van der Waals surface area contributed by atoms with Crippen LogP contribution in [-0.4, -0.2) is 11.9 Å². The summed E-state index contributed by atoms with van der Waals surface area (Å²) >= 11 is 0. The maximum atomic E-state index is 13.5. The number of hydrogen-bond donors (Lipinski definition) is 2. The zero-order valence-corrected chi connectivity index (χ0v) is 10.5. The van der Waals surface area contributed by atoms with Gasteiger partial charge in [-0.1, -0.05) is 19.9 Å². The Balaban J connectivity index is 2.91. The summed E-state index contributed by atoms with van der Waals surface area (Å²) in [5.74, 6) is 0.00609. The van der Waals surface area contributed by atoms with Crippen molar-refractivity contribution in [3.63, 3.8) is 0 Å². The number of benzene rings is 1. The third-order valence-electron chi connectivity index (χ3n) is 2.38. The van der Waals surface area contributed by atoms with Gasteiger partial charge in [-0.2, -0.15) is 0 Å². The lowest BCUT2D eigenvalue weighted by atomic mass is 10.1. The van der Waals surface area contributed by atoms with E-state index in [1.807, 2.05) is 6.92 Å². The van der Waals surface area contributed by atoms with Crippen LogP contribution in [0.4, 0.5) is 4.39 Å². The average molecular weight is 238 g/mol. The van der Waals surface area contributed by atoms with Gasteiger partial charge in [0.2, 0.25) is 0 Å². The first-order valence-corrected chi connectivity index (χ1v) is 5.71. The second-order valence-corrected chi connectivity index (χ2v) is 4.58. The first kappa shape index (κ1) is 13.5. The molecule has 17 heavy (non-hydrogen) atoms. The molecule has 0 spiro atoms. The van der Waals surface area contributed by atoms with E-state index in [9.17, 15) is 4.39 Å². The van der Waals surface area contributed by atoms with Crippen LogP contribution >= 0.6 is 0 Å². The zero-order valence-electron chi connectivity index (χ0n) is 10.5. The maximum Gasteiger partial charge on any atom is 0.137 e. The molecule has 1 aromatic rings. The van der Waals surface area contributed by atoms with Gasteiger partial charge < -0.3 is 10.5 Å². The zero-order chi connectivity index (χ0) is 13.0. The normalized spacial score (nSPS) is 12.5. The van der Waals surface area contributed by atoms with Gasteiger partial charge >= 0.3 is 0 Å². The molecule has 1 atom stereocenters. The molecule has 4 heteroatoms. The molecule has 3 nitrogen and oxygen atoms in total. The molecule has 0 bridgehead atoms. The third-order valence-corrected chi connectivity index (χ3v) is 2.38. The number of halogens is 1. The predicted molar refractivity (Wildman–Crippen MR) is 67.0 cm³/mol. The molecule has 1 unspecified atom stereocenters. The van der Waals surface area contributed by atoms with Crippen LogP contribution in [0.3, 0.4) is 0 Å². The number of nitrogens with two attached hydrogens (primary N) is 1. The number of amidine groups is 1. The fraction of sp³-hybridized carbons (Fsp3) is 0.462. The molecule has 0 saturated carbocycles. The molecule has 0 fully saturated rings. The van der Waals surface area contributed by atoms with Crippen molar-refractivity contribution in [2.24, 2.45) is 11.7 Å². The van der Waals surface area contributed by atoms with Crippen molar-refractivity contribution in [2.75, 3.05) is 0 Å². The summed E-state index contributed by atoms with van der Waals surface area (Å²) in [5.41, 5.74) is 5.40. The topological polar surface area (TPSA) is 59.1 Å². The summed E-state index contributed by atoms with van der Waals surface area (Å²) in [6, 6.07) is 4.46. The van der Waals surface area contributed by atoms with Gasteiger partial charge in [-0.15, -0.1) is 0 Å². The van der Waals surface area contributed by atoms with Crippen LogP contribution in [0.25, 0.3) is 0 Å². The van der Waals surface area contributed by atoms with Gasteiger partial charge in [-0.3, -0.25) is 5.41 Å². The molecule has 0 aromatic heterocycles. The molecule has 0 radical (unpaired) electrons. The quantitative estimate of drug-likeness (QED) is 0.612. The molecule has 0 aliphatic rings. The Morgan fingerprint density at radius 1 is 1.41 bits per heavy atom. The molecule has 0 saturated heterocycles. The number of hydrogen-bond acceptors (Lipinski definition) is 2. The van der Waals surface area contributed by atoms with Gasteiger partial charge in [0.05, 0.1) is 11.7 Å². The van der Waals surface area contributed by atoms with Gasteiger partial charge in [-0.25, -0.2) is 4.39 Å². The van der Waals surface area contributed by atoms with Crippen LogP contribution in [0.1, 0.15) is 32.8 Å². The number of nitrogens with one attached hydrogen (secondary N) is 1. The second kappa shape index (κ2) is 5.66. The van der Waals surface area contributed by atoms with Crippen LogP contribution in [0.2, 0.25) is 0 Å². The Labute approximate surface area is 101 Å². The van der Waals surface area contributed by atoms with Gasteiger partial charge in [0.15, 0.2) is 0 Å². The predicted octanol–water partition coefficient (Wildman–Crippen LogP) is 2.92. The molecular formula is C13H19FN2O. The molecule has 0 aliphatic heterocycles. The smallest absolute Gasteiger partial charge is 0.137 e. The minimum Gasteiger partial charge on any atom is -0.490 e. The van der Waals surface area contributed by atoms with E-state index in [1.54, 1.807) is 12.1 Å². The third kappa shape index (κ3) is 3.73. The average Bonchev–Trinajstić information content (AvgIpc) is 2.15. The highest BCUT2D eigenvalue weighted by Gasteiger charge is 2.15. The summed E-state index contributed by atoms with van der Waals surface area (Å²) in [6.45, 7) is 6.11. The highest BCUT2D eigenvalue weighted by Crippen LogP contribution is 2.23.